The molecule has 5 heteroatoms. The highest BCUT2D eigenvalue weighted by Crippen LogP contribution is 2.45. The van der Waals surface area contributed by atoms with Crippen LogP contribution in [0.25, 0.3) is 11.1 Å². The van der Waals surface area contributed by atoms with Gasteiger partial charge >= 0.3 is 0 Å². The molecular formula is C20H20O5. The van der Waals surface area contributed by atoms with Gasteiger partial charge in [-0.25, -0.2) is 0 Å². The van der Waals surface area contributed by atoms with Crippen LogP contribution in [0.4, 0.5) is 0 Å². The molecule has 0 N–H and O–H groups in total. The van der Waals surface area contributed by atoms with Crippen LogP contribution in [0.3, 0.4) is 0 Å². The Labute approximate surface area is 146 Å². The van der Waals surface area contributed by atoms with Crippen molar-refractivity contribution in [2.75, 3.05) is 20.8 Å². The molecule has 0 saturated carbocycles. The van der Waals surface area contributed by atoms with E-state index in [1.165, 1.54) is 14.0 Å². The second kappa shape index (κ2) is 6.97. The van der Waals surface area contributed by atoms with E-state index < -0.39 is 0 Å². The Balaban J connectivity index is 2.11. The van der Waals surface area contributed by atoms with Gasteiger partial charge in [0.15, 0.2) is 23.1 Å². The smallest absolute Gasteiger partial charge is 0.203 e. The van der Waals surface area contributed by atoms with Crippen LogP contribution in [-0.2, 0) is 11.2 Å². The summed E-state index contributed by atoms with van der Waals surface area (Å²) in [6, 6.07) is 9.42. The van der Waals surface area contributed by atoms with E-state index >= 15 is 0 Å². The molecule has 0 unspecified atom stereocenters. The fourth-order valence-electron chi connectivity index (χ4n) is 3.07. The lowest BCUT2D eigenvalue weighted by Crippen LogP contribution is -2.09. The molecule has 3 rings (SSSR count). The molecule has 25 heavy (non-hydrogen) atoms. The van der Waals surface area contributed by atoms with Crippen LogP contribution in [0.5, 0.6) is 17.2 Å². The first-order valence-electron chi connectivity index (χ1n) is 8.09. The van der Waals surface area contributed by atoms with Crippen LogP contribution in [0.1, 0.15) is 29.3 Å². The molecule has 0 atom stereocenters. The van der Waals surface area contributed by atoms with Crippen molar-refractivity contribution in [3.8, 4) is 28.4 Å². The summed E-state index contributed by atoms with van der Waals surface area (Å²) in [7, 11) is 3.08. The van der Waals surface area contributed by atoms with Crippen molar-refractivity contribution >= 4 is 11.6 Å². The number of ketones is 2. The highest BCUT2D eigenvalue weighted by atomic mass is 16.5. The number of aryl methyl sites for hydroxylation is 1. The molecule has 0 amide bonds. The van der Waals surface area contributed by atoms with Gasteiger partial charge in [0.25, 0.3) is 0 Å². The van der Waals surface area contributed by atoms with Gasteiger partial charge in [-0.1, -0.05) is 18.2 Å². The number of hydrogen-bond donors (Lipinski definition) is 0. The van der Waals surface area contributed by atoms with Gasteiger partial charge in [-0.15, -0.1) is 0 Å². The van der Waals surface area contributed by atoms with E-state index in [1.807, 2.05) is 24.3 Å². The van der Waals surface area contributed by atoms with Gasteiger partial charge in [-0.2, -0.15) is 0 Å². The number of carbonyl (C=O) groups excluding carboxylic acids is 2. The summed E-state index contributed by atoms with van der Waals surface area (Å²) in [4.78, 5) is 23.2. The lowest BCUT2D eigenvalue weighted by Gasteiger charge is -2.17. The molecule has 0 spiro atoms. The Morgan fingerprint density at radius 1 is 1.00 bits per heavy atom. The Morgan fingerprint density at radius 3 is 2.44 bits per heavy atom. The molecule has 130 valence electrons. The molecule has 0 aliphatic heterocycles. The topological polar surface area (TPSA) is 61.8 Å². The van der Waals surface area contributed by atoms with Crippen LogP contribution >= 0.6 is 0 Å². The second-order valence-corrected chi connectivity index (χ2v) is 5.96. The molecule has 0 radical (unpaired) electrons. The zero-order valence-electron chi connectivity index (χ0n) is 14.5. The van der Waals surface area contributed by atoms with Gasteiger partial charge in [0.2, 0.25) is 5.75 Å². The fourth-order valence-corrected chi connectivity index (χ4v) is 3.07. The van der Waals surface area contributed by atoms with E-state index in [4.69, 9.17) is 14.2 Å². The van der Waals surface area contributed by atoms with E-state index in [0.29, 0.717) is 23.7 Å². The number of Topliss-reactive ketones (excluding diaryl/α,β-unsaturated/α-hetero) is 2. The molecule has 1 aliphatic carbocycles. The van der Waals surface area contributed by atoms with E-state index in [-0.39, 0.29) is 18.2 Å². The largest absolute Gasteiger partial charge is 0.493 e. The van der Waals surface area contributed by atoms with Crippen LogP contribution in [-0.4, -0.2) is 32.4 Å². The lowest BCUT2D eigenvalue weighted by atomic mass is 9.99. The molecule has 0 heterocycles. The monoisotopic (exact) mass is 340 g/mol. The predicted molar refractivity (Wildman–Crippen MR) is 93.8 cm³/mol. The summed E-state index contributed by atoms with van der Waals surface area (Å²) >= 11 is 0. The summed E-state index contributed by atoms with van der Waals surface area (Å²) in [6.45, 7) is 1.41. The number of benzene rings is 2. The molecule has 5 nitrogen and oxygen atoms in total. The molecule has 0 fully saturated rings. The average molecular weight is 340 g/mol. The first kappa shape index (κ1) is 17.0. The summed E-state index contributed by atoms with van der Waals surface area (Å²) in [5.74, 6) is 1.53. The number of methoxy groups -OCH3 is 2. The number of fused-ring (bicyclic) bond motifs is 1. The molecule has 0 bridgehead atoms. The SMILES string of the molecule is COc1ccc(-c2ccc3c(c2)CCC3=O)c(OCC(C)=O)c1OC. The maximum Gasteiger partial charge on any atom is 0.203 e. The third-order valence-corrected chi connectivity index (χ3v) is 4.26. The number of carbonyl (C=O) groups is 2. The lowest BCUT2D eigenvalue weighted by molar-refractivity contribution is -0.118. The minimum atomic E-state index is -0.0876. The summed E-state index contributed by atoms with van der Waals surface area (Å²) < 4.78 is 16.5. The Morgan fingerprint density at radius 2 is 1.76 bits per heavy atom. The standard InChI is InChI=1S/C20H20O5/c1-12(21)11-25-19-16(7-9-18(23-2)20(19)24-3)14-4-6-15-13(10-14)5-8-17(15)22/h4,6-7,9-10H,5,8,11H2,1-3H3. The first-order valence-corrected chi connectivity index (χ1v) is 8.09. The predicted octanol–water partition coefficient (Wildman–Crippen LogP) is 3.47. The van der Waals surface area contributed by atoms with Gasteiger partial charge in [0.05, 0.1) is 14.2 Å². The summed E-state index contributed by atoms with van der Waals surface area (Å²) in [5.41, 5.74) is 3.53. The van der Waals surface area contributed by atoms with Crippen molar-refractivity contribution in [2.45, 2.75) is 19.8 Å². The van der Waals surface area contributed by atoms with Crippen molar-refractivity contribution in [3.05, 3.63) is 41.5 Å². The third kappa shape index (κ3) is 3.22. The minimum Gasteiger partial charge on any atom is -0.493 e. The van der Waals surface area contributed by atoms with E-state index in [9.17, 15) is 9.59 Å². The highest BCUT2D eigenvalue weighted by Gasteiger charge is 2.22. The number of rotatable bonds is 6. The zero-order valence-corrected chi connectivity index (χ0v) is 14.5. The third-order valence-electron chi connectivity index (χ3n) is 4.26. The summed E-state index contributed by atoms with van der Waals surface area (Å²) in [5, 5.41) is 0. The summed E-state index contributed by atoms with van der Waals surface area (Å²) in [6.07, 6.45) is 1.30. The van der Waals surface area contributed by atoms with E-state index in [1.54, 1.807) is 13.2 Å². The quantitative estimate of drug-likeness (QED) is 0.806. The van der Waals surface area contributed by atoms with Crippen molar-refractivity contribution in [1.82, 2.24) is 0 Å². The van der Waals surface area contributed by atoms with Crippen molar-refractivity contribution in [3.63, 3.8) is 0 Å². The molecule has 2 aromatic carbocycles. The van der Waals surface area contributed by atoms with Crippen LogP contribution in [0, 0.1) is 0 Å². The van der Waals surface area contributed by atoms with Crippen molar-refractivity contribution in [1.29, 1.82) is 0 Å². The second-order valence-electron chi connectivity index (χ2n) is 5.96. The van der Waals surface area contributed by atoms with Gasteiger partial charge < -0.3 is 14.2 Å². The van der Waals surface area contributed by atoms with Gasteiger partial charge in [0, 0.05) is 17.5 Å². The Hall–Kier alpha value is -2.82. The molecular weight excluding hydrogens is 320 g/mol. The van der Waals surface area contributed by atoms with Gasteiger partial charge in [-0.3, -0.25) is 9.59 Å². The van der Waals surface area contributed by atoms with Crippen LogP contribution in [0.15, 0.2) is 30.3 Å². The van der Waals surface area contributed by atoms with E-state index in [2.05, 4.69) is 0 Å². The number of hydrogen-bond acceptors (Lipinski definition) is 5. The van der Waals surface area contributed by atoms with E-state index in [0.717, 1.165) is 28.7 Å². The highest BCUT2D eigenvalue weighted by molar-refractivity contribution is 6.01. The van der Waals surface area contributed by atoms with Crippen LogP contribution < -0.4 is 14.2 Å². The fraction of sp³-hybridized carbons (Fsp3) is 0.300. The van der Waals surface area contributed by atoms with Crippen molar-refractivity contribution in [2.24, 2.45) is 0 Å². The Kier molecular flexibility index (Phi) is 4.74. The first-order chi connectivity index (χ1) is 12.0. The minimum absolute atomic E-state index is 0.0556. The molecule has 2 aromatic rings. The van der Waals surface area contributed by atoms with Gasteiger partial charge in [0.1, 0.15) is 6.61 Å². The van der Waals surface area contributed by atoms with Crippen molar-refractivity contribution < 1.29 is 23.8 Å². The zero-order chi connectivity index (χ0) is 18.0. The average Bonchev–Trinajstić information content (AvgIpc) is 2.99. The van der Waals surface area contributed by atoms with Crippen LogP contribution in [0.2, 0.25) is 0 Å². The molecule has 0 saturated heterocycles. The maximum atomic E-state index is 11.8. The Bertz CT molecular complexity index is 838. The molecule has 0 aromatic heterocycles. The number of ether oxygens (including phenoxy) is 3. The normalized spacial score (nSPS) is 12.7. The van der Waals surface area contributed by atoms with Gasteiger partial charge in [-0.05, 0) is 36.6 Å². The maximum absolute atomic E-state index is 11.8. The molecule has 1 aliphatic rings.